The largest absolute Gasteiger partial charge is 0.481 e. The number of hydrogen-bond acceptors (Lipinski definition) is 6. The van der Waals surface area contributed by atoms with E-state index in [1.165, 1.54) is 6.07 Å². The van der Waals surface area contributed by atoms with Gasteiger partial charge >= 0.3 is 0 Å². The molecule has 2 N–H and O–H groups in total. The van der Waals surface area contributed by atoms with Crippen LogP contribution in [0.3, 0.4) is 0 Å². The number of piperazine rings is 1. The van der Waals surface area contributed by atoms with Crippen LogP contribution in [0.15, 0.2) is 12.1 Å². The van der Waals surface area contributed by atoms with Gasteiger partial charge in [0.25, 0.3) is 11.6 Å². The summed E-state index contributed by atoms with van der Waals surface area (Å²) in [6.07, 6.45) is 0. The molecule has 2 heterocycles. The molecule has 0 spiro atoms. The molecule has 1 amide bonds. The van der Waals surface area contributed by atoms with Crippen molar-refractivity contribution in [3.63, 3.8) is 0 Å². The number of carbonyl (C=O) groups is 1. The molecule has 2 aliphatic rings. The molecule has 112 valence electrons. The van der Waals surface area contributed by atoms with Gasteiger partial charge in [0.2, 0.25) is 0 Å². The van der Waals surface area contributed by atoms with E-state index in [4.69, 9.17) is 4.74 Å². The second-order valence-electron chi connectivity index (χ2n) is 5.23. The van der Waals surface area contributed by atoms with Crippen molar-refractivity contribution in [1.29, 1.82) is 0 Å². The number of carbonyl (C=O) groups excluding carboxylic acids is 1. The molecular formula is C13H16N4O4. The highest BCUT2D eigenvalue weighted by molar-refractivity contribution is 5.97. The molecule has 1 aromatic carbocycles. The van der Waals surface area contributed by atoms with Crippen molar-refractivity contribution < 1.29 is 14.5 Å². The summed E-state index contributed by atoms with van der Waals surface area (Å²) in [7, 11) is 0. The quantitative estimate of drug-likeness (QED) is 0.616. The third-order valence-corrected chi connectivity index (χ3v) is 3.62. The number of rotatable bonds is 2. The Morgan fingerprint density at radius 3 is 3.00 bits per heavy atom. The minimum Gasteiger partial charge on any atom is -0.481 e. The van der Waals surface area contributed by atoms with Gasteiger partial charge in [-0.25, -0.2) is 0 Å². The van der Waals surface area contributed by atoms with Gasteiger partial charge in [-0.1, -0.05) is 0 Å². The predicted octanol–water partition coefficient (Wildman–Crippen LogP) is 0.724. The van der Waals surface area contributed by atoms with Gasteiger partial charge in [0.1, 0.15) is 5.69 Å². The van der Waals surface area contributed by atoms with Crippen molar-refractivity contribution in [1.82, 2.24) is 5.32 Å². The lowest BCUT2D eigenvalue weighted by Gasteiger charge is -2.33. The first-order valence-corrected chi connectivity index (χ1v) is 6.78. The van der Waals surface area contributed by atoms with Crippen LogP contribution in [0.25, 0.3) is 0 Å². The Hall–Kier alpha value is -2.35. The van der Waals surface area contributed by atoms with E-state index >= 15 is 0 Å². The molecule has 0 aromatic heterocycles. The molecule has 1 aromatic rings. The third-order valence-electron chi connectivity index (χ3n) is 3.62. The highest BCUT2D eigenvalue weighted by Crippen LogP contribution is 2.39. The molecule has 0 bridgehead atoms. The van der Waals surface area contributed by atoms with Crippen LogP contribution in [0, 0.1) is 10.1 Å². The Kier molecular flexibility index (Phi) is 3.38. The normalized spacial score (nSPS) is 21.3. The van der Waals surface area contributed by atoms with E-state index in [2.05, 4.69) is 10.6 Å². The standard InChI is InChI=1S/C13H16N4O4/c1-8-6-16(3-2-14-8)10-4-9-12(5-11(10)17(19)20)21-7-13(18)15-9/h4-5,8,14H,2-3,6-7H2,1H3,(H,15,18). The maximum Gasteiger partial charge on any atom is 0.296 e. The molecule has 8 nitrogen and oxygen atoms in total. The first-order chi connectivity index (χ1) is 10.0. The maximum atomic E-state index is 11.4. The average Bonchev–Trinajstić information content (AvgIpc) is 2.45. The number of benzene rings is 1. The van der Waals surface area contributed by atoms with Crippen molar-refractivity contribution in [2.45, 2.75) is 13.0 Å². The monoisotopic (exact) mass is 292 g/mol. The smallest absolute Gasteiger partial charge is 0.296 e. The predicted molar refractivity (Wildman–Crippen MR) is 76.9 cm³/mol. The van der Waals surface area contributed by atoms with Crippen molar-refractivity contribution in [2.75, 3.05) is 36.5 Å². The Labute approximate surface area is 121 Å². The summed E-state index contributed by atoms with van der Waals surface area (Å²) in [5.41, 5.74) is 0.995. The summed E-state index contributed by atoms with van der Waals surface area (Å²) in [4.78, 5) is 24.3. The average molecular weight is 292 g/mol. The number of anilines is 2. The number of nitrogens with zero attached hydrogens (tertiary/aromatic N) is 2. The van der Waals surface area contributed by atoms with E-state index in [1.807, 2.05) is 11.8 Å². The summed E-state index contributed by atoms with van der Waals surface area (Å²) < 4.78 is 5.24. The fraction of sp³-hybridized carbons (Fsp3) is 0.462. The van der Waals surface area contributed by atoms with Crippen LogP contribution in [0.5, 0.6) is 5.75 Å². The minimum atomic E-state index is -0.415. The molecule has 0 radical (unpaired) electrons. The zero-order valence-electron chi connectivity index (χ0n) is 11.6. The highest BCUT2D eigenvalue weighted by atomic mass is 16.6. The third kappa shape index (κ3) is 2.62. The van der Waals surface area contributed by atoms with Crippen LogP contribution in [0.2, 0.25) is 0 Å². The molecule has 1 fully saturated rings. The molecule has 2 aliphatic heterocycles. The number of hydrogen-bond donors (Lipinski definition) is 2. The number of amides is 1. The zero-order valence-corrected chi connectivity index (χ0v) is 11.6. The van der Waals surface area contributed by atoms with Gasteiger partial charge in [0, 0.05) is 25.7 Å². The number of nitro groups is 1. The number of nitro benzene ring substituents is 1. The topological polar surface area (TPSA) is 96.7 Å². The van der Waals surface area contributed by atoms with Gasteiger partial charge < -0.3 is 20.3 Å². The maximum absolute atomic E-state index is 11.4. The lowest BCUT2D eigenvalue weighted by molar-refractivity contribution is -0.384. The van der Waals surface area contributed by atoms with Crippen molar-refractivity contribution in [3.8, 4) is 5.75 Å². The van der Waals surface area contributed by atoms with E-state index in [9.17, 15) is 14.9 Å². The van der Waals surface area contributed by atoms with E-state index < -0.39 is 4.92 Å². The molecule has 1 unspecified atom stereocenters. The first-order valence-electron chi connectivity index (χ1n) is 6.78. The van der Waals surface area contributed by atoms with Crippen molar-refractivity contribution in [3.05, 3.63) is 22.2 Å². The zero-order chi connectivity index (χ0) is 15.0. The SMILES string of the molecule is CC1CN(c2cc3c(cc2[N+](=O)[O-])OCC(=O)N3)CCN1. The molecule has 0 saturated carbocycles. The molecular weight excluding hydrogens is 276 g/mol. The Morgan fingerprint density at radius 2 is 2.29 bits per heavy atom. The van der Waals surface area contributed by atoms with E-state index in [0.717, 1.165) is 6.54 Å². The Balaban J connectivity index is 2.02. The highest BCUT2D eigenvalue weighted by Gasteiger charge is 2.28. The first kappa shape index (κ1) is 13.6. The minimum absolute atomic E-state index is 0.000927. The second-order valence-corrected chi connectivity index (χ2v) is 5.23. The van der Waals surface area contributed by atoms with Crippen LogP contribution in [0.4, 0.5) is 17.1 Å². The van der Waals surface area contributed by atoms with Gasteiger partial charge in [-0.15, -0.1) is 0 Å². The van der Waals surface area contributed by atoms with Crippen LogP contribution in [0.1, 0.15) is 6.92 Å². The van der Waals surface area contributed by atoms with E-state index in [1.54, 1.807) is 6.07 Å². The molecule has 21 heavy (non-hydrogen) atoms. The molecule has 0 aliphatic carbocycles. The van der Waals surface area contributed by atoms with Crippen molar-refractivity contribution in [2.24, 2.45) is 0 Å². The van der Waals surface area contributed by atoms with Gasteiger partial charge in [-0.3, -0.25) is 14.9 Å². The van der Waals surface area contributed by atoms with Crippen molar-refractivity contribution >= 4 is 23.0 Å². The van der Waals surface area contributed by atoms with E-state index in [-0.39, 0.29) is 24.2 Å². The molecule has 8 heteroatoms. The second kappa shape index (κ2) is 5.21. The lowest BCUT2D eigenvalue weighted by Crippen LogP contribution is -2.49. The number of nitrogens with one attached hydrogen (secondary N) is 2. The summed E-state index contributed by atoms with van der Waals surface area (Å²) in [6.45, 7) is 4.03. The molecule has 1 saturated heterocycles. The summed E-state index contributed by atoms with van der Waals surface area (Å²) in [6, 6.07) is 3.26. The fourth-order valence-corrected chi connectivity index (χ4v) is 2.65. The van der Waals surface area contributed by atoms with Crippen LogP contribution in [-0.4, -0.2) is 43.1 Å². The van der Waals surface area contributed by atoms with Crippen LogP contribution >= 0.6 is 0 Å². The van der Waals surface area contributed by atoms with Gasteiger partial charge in [-0.2, -0.15) is 0 Å². The summed E-state index contributed by atoms with van der Waals surface area (Å²) in [5.74, 6) is 0.0872. The molecule has 3 rings (SSSR count). The Bertz CT molecular complexity index is 604. The van der Waals surface area contributed by atoms with Crippen LogP contribution in [-0.2, 0) is 4.79 Å². The van der Waals surface area contributed by atoms with Crippen LogP contribution < -0.4 is 20.3 Å². The lowest BCUT2D eigenvalue weighted by atomic mass is 10.1. The van der Waals surface area contributed by atoms with E-state index in [0.29, 0.717) is 30.2 Å². The summed E-state index contributed by atoms with van der Waals surface area (Å²) in [5, 5.41) is 17.3. The Morgan fingerprint density at radius 1 is 1.48 bits per heavy atom. The number of ether oxygens (including phenoxy) is 1. The fourth-order valence-electron chi connectivity index (χ4n) is 2.65. The van der Waals surface area contributed by atoms with Gasteiger partial charge in [0.05, 0.1) is 16.7 Å². The van der Waals surface area contributed by atoms with Gasteiger partial charge in [-0.05, 0) is 13.0 Å². The van der Waals surface area contributed by atoms with Gasteiger partial charge in [0.15, 0.2) is 12.4 Å². The number of fused-ring (bicyclic) bond motifs is 1. The molecule has 1 atom stereocenters. The summed E-state index contributed by atoms with van der Waals surface area (Å²) >= 11 is 0.